The third-order valence-corrected chi connectivity index (χ3v) is 5.07. The van der Waals surface area contributed by atoms with Gasteiger partial charge < -0.3 is 15.2 Å². The molecule has 5 heteroatoms. The van der Waals surface area contributed by atoms with Gasteiger partial charge in [0.2, 0.25) is 0 Å². The van der Waals surface area contributed by atoms with E-state index >= 15 is 0 Å². The fraction of sp³-hybridized carbons (Fsp3) is 0.625. The molecule has 21 heavy (non-hydrogen) atoms. The van der Waals surface area contributed by atoms with Crippen molar-refractivity contribution in [3.8, 4) is 11.5 Å². The Bertz CT molecular complexity index is 482. The van der Waals surface area contributed by atoms with E-state index in [-0.39, 0.29) is 0 Å². The third-order valence-electron chi connectivity index (χ3n) is 4.45. The molecule has 118 valence electrons. The summed E-state index contributed by atoms with van der Waals surface area (Å²) in [5.74, 6) is 3.03. The molecule has 0 bridgehead atoms. The number of piperidine rings is 1. The molecule has 1 aromatic rings. The summed E-state index contributed by atoms with van der Waals surface area (Å²) in [5, 5.41) is 0. The van der Waals surface area contributed by atoms with Crippen LogP contribution in [0.25, 0.3) is 0 Å². The van der Waals surface area contributed by atoms with Gasteiger partial charge in [0.05, 0.1) is 18.7 Å². The molecule has 4 nitrogen and oxygen atoms in total. The van der Waals surface area contributed by atoms with Gasteiger partial charge in [-0.15, -0.1) is 0 Å². The number of ether oxygens (including phenoxy) is 2. The Balaban J connectivity index is 2.15. The van der Waals surface area contributed by atoms with Crippen molar-refractivity contribution < 1.29 is 9.47 Å². The molecule has 0 radical (unpaired) electrons. The highest BCUT2D eigenvalue weighted by molar-refractivity contribution is 9.10. The molecule has 2 rings (SSSR count). The van der Waals surface area contributed by atoms with Crippen molar-refractivity contribution in [3.63, 3.8) is 0 Å². The van der Waals surface area contributed by atoms with Crippen molar-refractivity contribution >= 4 is 15.9 Å². The minimum Gasteiger partial charge on any atom is -0.496 e. The Morgan fingerprint density at radius 2 is 2.00 bits per heavy atom. The van der Waals surface area contributed by atoms with Crippen LogP contribution in [0.3, 0.4) is 0 Å². The first-order valence-corrected chi connectivity index (χ1v) is 8.21. The molecule has 0 aliphatic carbocycles. The lowest BCUT2D eigenvalue weighted by Crippen LogP contribution is -2.42. The smallest absolute Gasteiger partial charge is 0.133 e. The minimum atomic E-state index is 0.585. The van der Waals surface area contributed by atoms with Crippen LogP contribution in [0.5, 0.6) is 11.5 Å². The number of hydrogen-bond donors (Lipinski definition) is 1. The van der Waals surface area contributed by atoms with Crippen LogP contribution in [0.1, 0.15) is 18.9 Å². The van der Waals surface area contributed by atoms with Crippen molar-refractivity contribution in [1.29, 1.82) is 0 Å². The molecule has 1 aliphatic heterocycles. The van der Waals surface area contributed by atoms with Crippen LogP contribution in [0.4, 0.5) is 0 Å². The van der Waals surface area contributed by atoms with E-state index in [0.29, 0.717) is 11.8 Å². The summed E-state index contributed by atoms with van der Waals surface area (Å²) in [7, 11) is 3.39. The Hall–Kier alpha value is -0.780. The molecule has 1 aliphatic rings. The summed E-state index contributed by atoms with van der Waals surface area (Å²) in [5.41, 5.74) is 7.05. The largest absolute Gasteiger partial charge is 0.496 e. The van der Waals surface area contributed by atoms with Gasteiger partial charge in [0.25, 0.3) is 0 Å². The quantitative estimate of drug-likeness (QED) is 0.880. The Morgan fingerprint density at radius 3 is 2.62 bits per heavy atom. The molecule has 2 atom stereocenters. The van der Waals surface area contributed by atoms with Gasteiger partial charge in [-0.1, -0.05) is 6.92 Å². The Kier molecular flexibility index (Phi) is 5.90. The zero-order valence-electron chi connectivity index (χ0n) is 13.1. The summed E-state index contributed by atoms with van der Waals surface area (Å²) in [6, 6.07) is 4.03. The van der Waals surface area contributed by atoms with Gasteiger partial charge >= 0.3 is 0 Å². The lowest BCUT2D eigenvalue weighted by atomic mass is 9.87. The highest BCUT2D eigenvalue weighted by atomic mass is 79.9. The van der Waals surface area contributed by atoms with Gasteiger partial charge in [0.1, 0.15) is 11.5 Å². The van der Waals surface area contributed by atoms with Gasteiger partial charge in [-0.05, 0) is 59.4 Å². The van der Waals surface area contributed by atoms with Crippen LogP contribution in [0.15, 0.2) is 16.6 Å². The number of methoxy groups -OCH3 is 2. The Labute approximate surface area is 135 Å². The minimum absolute atomic E-state index is 0.585. The molecule has 2 unspecified atom stereocenters. The van der Waals surface area contributed by atoms with E-state index in [0.717, 1.165) is 47.7 Å². The van der Waals surface area contributed by atoms with Crippen LogP contribution < -0.4 is 15.2 Å². The van der Waals surface area contributed by atoms with E-state index in [1.54, 1.807) is 14.2 Å². The molecule has 1 saturated heterocycles. The predicted octanol–water partition coefficient (Wildman–Crippen LogP) is 2.88. The summed E-state index contributed by atoms with van der Waals surface area (Å²) in [4.78, 5) is 2.46. The van der Waals surface area contributed by atoms with Crippen LogP contribution in [0.2, 0.25) is 0 Å². The van der Waals surface area contributed by atoms with E-state index in [1.807, 2.05) is 6.07 Å². The van der Waals surface area contributed by atoms with E-state index in [2.05, 4.69) is 33.8 Å². The zero-order valence-corrected chi connectivity index (χ0v) is 14.6. The first-order valence-electron chi connectivity index (χ1n) is 7.41. The number of hydrogen-bond acceptors (Lipinski definition) is 4. The molecule has 1 fully saturated rings. The molecule has 1 heterocycles. The summed E-state index contributed by atoms with van der Waals surface area (Å²) in [6.07, 6.45) is 1.21. The van der Waals surface area contributed by atoms with Crippen molar-refractivity contribution in [2.75, 3.05) is 33.9 Å². The number of nitrogens with two attached hydrogens (primary N) is 1. The summed E-state index contributed by atoms with van der Waals surface area (Å²) >= 11 is 3.50. The van der Waals surface area contributed by atoms with Gasteiger partial charge in [-0.25, -0.2) is 0 Å². The first-order chi connectivity index (χ1) is 10.1. The molecule has 0 amide bonds. The molecule has 0 saturated carbocycles. The van der Waals surface area contributed by atoms with E-state index in [1.165, 1.54) is 6.42 Å². The van der Waals surface area contributed by atoms with Crippen LogP contribution in [0, 0.1) is 11.8 Å². The van der Waals surface area contributed by atoms with Gasteiger partial charge in [-0.2, -0.15) is 0 Å². The van der Waals surface area contributed by atoms with Crippen LogP contribution >= 0.6 is 15.9 Å². The monoisotopic (exact) mass is 356 g/mol. The first kappa shape index (κ1) is 16.6. The highest BCUT2D eigenvalue weighted by Crippen LogP contribution is 2.34. The zero-order chi connectivity index (χ0) is 15.4. The summed E-state index contributed by atoms with van der Waals surface area (Å²) in [6.45, 7) is 6.10. The molecule has 0 spiro atoms. The summed E-state index contributed by atoms with van der Waals surface area (Å²) < 4.78 is 11.8. The maximum Gasteiger partial charge on any atom is 0.133 e. The molecule has 0 aromatic heterocycles. The standard InChI is InChI=1S/C16H25BrN2O2/c1-11-4-5-19(10-13(11)8-18)9-12-6-16(21-3)14(17)7-15(12)20-2/h6-7,11,13H,4-5,8-10,18H2,1-3H3. The molecular weight excluding hydrogens is 332 g/mol. The predicted molar refractivity (Wildman–Crippen MR) is 88.8 cm³/mol. The average molecular weight is 357 g/mol. The fourth-order valence-corrected chi connectivity index (χ4v) is 3.45. The SMILES string of the molecule is COc1cc(CN2CCC(C)C(CN)C2)c(OC)cc1Br. The fourth-order valence-electron chi connectivity index (χ4n) is 2.96. The average Bonchev–Trinajstić information content (AvgIpc) is 2.50. The second-order valence-corrected chi connectivity index (χ2v) is 6.65. The highest BCUT2D eigenvalue weighted by Gasteiger charge is 2.25. The maximum atomic E-state index is 5.89. The lowest BCUT2D eigenvalue weighted by molar-refractivity contribution is 0.125. The lowest BCUT2D eigenvalue weighted by Gasteiger charge is -2.36. The van der Waals surface area contributed by atoms with E-state index < -0.39 is 0 Å². The third kappa shape index (κ3) is 3.90. The van der Waals surface area contributed by atoms with Gasteiger partial charge in [0.15, 0.2) is 0 Å². The second-order valence-electron chi connectivity index (χ2n) is 5.80. The Morgan fingerprint density at radius 1 is 1.29 bits per heavy atom. The van der Waals surface area contributed by atoms with Crippen molar-refractivity contribution in [2.24, 2.45) is 17.6 Å². The maximum absolute atomic E-state index is 5.89. The van der Waals surface area contributed by atoms with Crippen molar-refractivity contribution in [3.05, 3.63) is 22.2 Å². The van der Waals surface area contributed by atoms with Gasteiger partial charge in [0, 0.05) is 18.7 Å². The van der Waals surface area contributed by atoms with Gasteiger partial charge in [-0.3, -0.25) is 4.90 Å². The number of halogens is 1. The van der Waals surface area contributed by atoms with Crippen LogP contribution in [-0.2, 0) is 6.54 Å². The number of benzene rings is 1. The normalized spacial score (nSPS) is 23.1. The van der Waals surface area contributed by atoms with Crippen molar-refractivity contribution in [1.82, 2.24) is 4.90 Å². The van der Waals surface area contributed by atoms with E-state index in [4.69, 9.17) is 15.2 Å². The van der Waals surface area contributed by atoms with Crippen LogP contribution in [-0.4, -0.2) is 38.8 Å². The number of rotatable bonds is 5. The molecule has 2 N–H and O–H groups in total. The molecule has 1 aromatic carbocycles. The van der Waals surface area contributed by atoms with Crippen molar-refractivity contribution in [2.45, 2.75) is 19.9 Å². The number of likely N-dealkylation sites (tertiary alicyclic amines) is 1. The topological polar surface area (TPSA) is 47.7 Å². The molecular formula is C16H25BrN2O2. The number of nitrogens with zero attached hydrogens (tertiary/aromatic N) is 1. The van der Waals surface area contributed by atoms with E-state index in [9.17, 15) is 0 Å². The second kappa shape index (κ2) is 7.47.